The highest BCUT2D eigenvalue weighted by Crippen LogP contribution is 2.43. The molecule has 0 aliphatic heterocycles. The first-order valence-corrected chi connectivity index (χ1v) is 8.39. The summed E-state index contributed by atoms with van der Waals surface area (Å²) in [6, 6.07) is 14.4. The first-order chi connectivity index (χ1) is 10.6. The summed E-state index contributed by atoms with van der Waals surface area (Å²) in [5.41, 5.74) is 5.12. The number of carbonyl (C=O) groups is 1. The predicted molar refractivity (Wildman–Crippen MR) is 100 cm³/mol. The van der Waals surface area contributed by atoms with Crippen molar-refractivity contribution < 1.29 is 4.79 Å². The number of fused-ring (bicyclic) bond motifs is 3. The summed E-state index contributed by atoms with van der Waals surface area (Å²) in [5, 5.41) is 0.280. The molecule has 1 aliphatic rings. The van der Waals surface area contributed by atoms with Crippen LogP contribution in [-0.2, 0) is 0 Å². The molecule has 118 valence electrons. The third-order valence-electron chi connectivity index (χ3n) is 4.82. The summed E-state index contributed by atoms with van der Waals surface area (Å²) in [4.78, 5) is 12.8. The number of benzene rings is 2. The molecule has 0 N–H and O–H groups in total. The smallest absolute Gasteiger partial charge is 0.194 e. The minimum atomic E-state index is 0.140. The summed E-state index contributed by atoms with van der Waals surface area (Å²) in [6.07, 6.45) is 0. The van der Waals surface area contributed by atoms with Crippen LogP contribution in [0, 0.1) is 0 Å². The summed E-state index contributed by atoms with van der Waals surface area (Å²) >= 11 is 0. The van der Waals surface area contributed by atoms with Gasteiger partial charge in [-0.05, 0) is 11.1 Å². The Bertz CT molecular complexity index is 761. The lowest BCUT2D eigenvalue weighted by molar-refractivity contribution is 0.104. The van der Waals surface area contributed by atoms with Crippen LogP contribution in [0.3, 0.4) is 0 Å². The molecule has 2 aromatic carbocycles. The largest absolute Gasteiger partial charge is 0.289 e. The van der Waals surface area contributed by atoms with Crippen LogP contribution in [0.5, 0.6) is 0 Å². The van der Waals surface area contributed by atoms with E-state index in [9.17, 15) is 4.79 Å². The second-order valence-corrected chi connectivity index (χ2v) is 8.84. The monoisotopic (exact) mass is 304 g/mol. The van der Waals surface area contributed by atoms with E-state index in [0.29, 0.717) is 6.71 Å². The lowest BCUT2D eigenvalue weighted by Crippen LogP contribution is -2.46. The second kappa shape index (κ2) is 5.09. The molecule has 0 spiro atoms. The Kier molecular flexibility index (Phi) is 3.55. The molecule has 3 rings (SSSR count). The average Bonchev–Trinajstić information content (AvgIpc) is 2.70. The summed E-state index contributed by atoms with van der Waals surface area (Å²) < 4.78 is 0. The molecule has 0 bridgehead atoms. The van der Waals surface area contributed by atoms with Crippen LogP contribution in [0.4, 0.5) is 0 Å². The van der Waals surface area contributed by atoms with Crippen LogP contribution in [0.2, 0.25) is 10.6 Å². The second-order valence-electron chi connectivity index (χ2n) is 8.84. The van der Waals surface area contributed by atoms with Crippen molar-refractivity contribution >= 4 is 18.0 Å². The Balaban J connectivity index is 2.15. The lowest BCUT2D eigenvalue weighted by atomic mass is 9.21. The van der Waals surface area contributed by atoms with Gasteiger partial charge in [-0.25, -0.2) is 0 Å². The van der Waals surface area contributed by atoms with Gasteiger partial charge in [0.15, 0.2) is 12.5 Å². The molecule has 0 aromatic heterocycles. The average molecular weight is 304 g/mol. The Morgan fingerprint density at radius 3 is 1.78 bits per heavy atom. The van der Waals surface area contributed by atoms with E-state index in [1.807, 2.05) is 24.3 Å². The van der Waals surface area contributed by atoms with Gasteiger partial charge in [0.25, 0.3) is 0 Å². The standard InChI is InChI=1S/C21H25BO/c1-20(2,3)22(21(4,5)6)14-11-12-16-15-9-7-8-10-17(15)19(23)18(16)13-14/h7-13H,1-6H3. The van der Waals surface area contributed by atoms with E-state index in [1.165, 1.54) is 5.46 Å². The molecular formula is C21H25BO. The van der Waals surface area contributed by atoms with Crippen molar-refractivity contribution in [3.8, 4) is 11.1 Å². The fourth-order valence-corrected chi connectivity index (χ4v) is 4.52. The number of ketones is 1. The van der Waals surface area contributed by atoms with Gasteiger partial charge in [0.2, 0.25) is 0 Å². The van der Waals surface area contributed by atoms with E-state index in [2.05, 4.69) is 59.7 Å². The SMILES string of the molecule is CC(C)(C)B(c1ccc2c(c1)C(=O)c1ccccc1-2)C(C)(C)C. The normalized spacial score (nSPS) is 13.7. The van der Waals surface area contributed by atoms with Gasteiger partial charge in [-0.15, -0.1) is 0 Å². The third kappa shape index (κ3) is 2.65. The van der Waals surface area contributed by atoms with Gasteiger partial charge < -0.3 is 0 Å². The Morgan fingerprint density at radius 1 is 0.696 bits per heavy atom. The van der Waals surface area contributed by atoms with Gasteiger partial charge in [-0.1, -0.05) is 100 Å². The highest BCUT2D eigenvalue weighted by Gasteiger charge is 2.40. The topological polar surface area (TPSA) is 17.1 Å². The zero-order valence-corrected chi connectivity index (χ0v) is 15.0. The molecule has 0 atom stereocenters. The van der Waals surface area contributed by atoms with Crippen LogP contribution >= 0.6 is 0 Å². The number of carbonyl (C=O) groups excluding carboxylic acids is 1. The molecule has 1 aliphatic carbocycles. The molecule has 1 nitrogen and oxygen atoms in total. The highest BCUT2D eigenvalue weighted by atomic mass is 16.1. The van der Waals surface area contributed by atoms with Crippen molar-refractivity contribution in [1.82, 2.24) is 0 Å². The van der Waals surface area contributed by atoms with Crippen LogP contribution < -0.4 is 5.46 Å². The van der Waals surface area contributed by atoms with Gasteiger partial charge in [0, 0.05) is 11.1 Å². The van der Waals surface area contributed by atoms with Gasteiger partial charge >= 0.3 is 0 Å². The quantitative estimate of drug-likeness (QED) is 0.565. The van der Waals surface area contributed by atoms with Gasteiger partial charge in [-0.3, -0.25) is 4.79 Å². The van der Waals surface area contributed by atoms with E-state index in [-0.39, 0.29) is 16.4 Å². The van der Waals surface area contributed by atoms with Gasteiger partial charge in [-0.2, -0.15) is 0 Å². The minimum absolute atomic E-state index is 0.140. The van der Waals surface area contributed by atoms with Crippen molar-refractivity contribution in [2.24, 2.45) is 0 Å². The Hall–Kier alpha value is -1.83. The number of hydrogen-bond acceptors (Lipinski definition) is 1. The van der Waals surface area contributed by atoms with E-state index >= 15 is 0 Å². The number of hydrogen-bond donors (Lipinski definition) is 0. The van der Waals surface area contributed by atoms with Crippen LogP contribution in [0.25, 0.3) is 11.1 Å². The third-order valence-corrected chi connectivity index (χ3v) is 4.82. The van der Waals surface area contributed by atoms with Crippen molar-refractivity contribution in [3.63, 3.8) is 0 Å². The fraction of sp³-hybridized carbons (Fsp3) is 0.381. The van der Waals surface area contributed by atoms with Crippen LogP contribution in [-0.4, -0.2) is 12.5 Å². The Labute approximate surface area is 140 Å². The minimum Gasteiger partial charge on any atom is -0.289 e. The molecule has 0 saturated heterocycles. The van der Waals surface area contributed by atoms with Crippen molar-refractivity contribution in [1.29, 1.82) is 0 Å². The van der Waals surface area contributed by atoms with Crippen LogP contribution in [0.1, 0.15) is 57.5 Å². The maximum Gasteiger partial charge on any atom is 0.194 e. The predicted octanol–water partition coefficient (Wildman–Crippen LogP) is 5.20. The summed E-state index contributed by atoms with van der Waals surface area (Å²) in [6.45, 7) is 14.1. The summed E-state index contributed by atoms with van der Waals surface area (Å²) in [5.74, 6) is 0.166. The molecule has 0 heterocycles. The van der Waals surface area contributed by atoms with Gasteiger partial charge in [0.1, 0.15) is 0 Å². The van der Waals surface area contributed by atoms with E-state index in [0.717, 1.165) is 22.3 Å². The molecular weight excluding hydrogens is 279 g/mol. The molecule has 0 unspecified atom stereocenters. The van der Waals surface area contributed by atoms with Crippen molar-refractivity contribution in [2.75, 3.05) is 0 Å². The summed E-state index contributed by atoms with van der Waals surface area (Å²) in [7, 11) is 0. The lowest BCUT2D eigenvalue weighted by Gasteiger charge is -2.38. The van der Waals surface area contributed by atoms with E-state index < -0.39 is 0 Å². The zero-order valence-electron chi connectivity index (χ0n) is 15.0. The molecule has 23 heavy (non-hydrogen) atoms. The zero-order chi connectivity index (χ0) is 17.0. The molecule has 0 saturated carbocycles. The van der Waals surface area contributed by atoms with E-state index in [1.54, 1.807) is 0 Å². The molecule has 2 heteroatoms. The number of rotatable bonds is 1. The fourth-order valence-electron chi connectivity index (χ4n) is 4.52. The van der Waals surface area contributed by atoms with E-state index in [4.69, 9.17) is 0 Å². The maximum absolute atomic E-state index is 12.8. The maximum atomic E-state index is 12.8. The van der Waals surface area contributed by atoms with Crippen LogP contribution in [0.15, 0.2) is 42.5 Å². The molecule has 0 amide bonds. The highest BCUT2D eigenvalue weighted by molar-refractivity contribution is 6.78. The van der Waals surface area contributed by atoms with Gasteiger partial charge in [0.05, 0.1) is 0 Å². The van der Waals surface area contributed by atoms with Crippen molar-refractivity contribution in [2.45, 2.75) is 52.2 Å². The first-order valence-electron chi connectivity index (χ1n) is 8.39. The molecule has 0 fully saturated rings. The molecule has 2 aromatic rings. The first kappa shape index (κ1) is 16.0. The Morgan fingerprint density at radius 2 is 1.22 bits per heavy atom. The van der Waals surface area contributed by atoms with Crippen molar-refractivity contribution in [3.05, 3.63) is 53.6 Å². The molecule has 0 radical (unpaired) electrons.